The molecule has 0 saturated carbocycles. The number of phosphoric acid groups is 1. The van der Waals surface area contributed by atoms with E-state index in [1.807, 2.05) is 0 Å². The lowest BCUT2D eigenvalue weighted by Gasteiger charge is -2.28. The molecule has 4 heterocycles. The molecule has 3 saturated heterocycles. The maximum atomic E-state index is 14.3. The molecule has 3 aliphatic rings. The average Bonchev–Trinajstić information content (AvgIpc) is 3.19. The number of aromatic amines is 1. The summed E-state index contributed by atoms with van der Waals surface area (Å²) in [5.74, 6) is -0.452. The summed E-state index contributed by atoms with van der Waals surface area (Å²) >= 11 is 0. The van der Waals surface area contributed by atoms with Gasteiger partial charge in [0.05, 0.1) is 33.0 Å². The monoisotopic (exact) mass is 598 g/mol. The van der Waals surface area contributed by atoms with Crippen molar-refractivity contribution in [1.82, 2.24) is 9.55 Å². The van der Waals surface area contributed by atoms with Crippen molar-refractivity contribution in [2.45, 2.75) is 37.4 Å². The van der Waals surface area contributed by atoms with Gasteiger partial charge >= 0.3 is 25.8 Å². The zero-order valence-corrected chi connectivity index (χ0v) is 22.1. The first kappa shape index (κ1) is 30.1. The third-order valence-electron chi connectivity index (χ3n) is 5.92. The molecule has 1 N–H and O–H groups in total. The quantitative estimate of drug-likeness (QED) is 0.191. The number of H-pyrrole nitrogens is 1. The van der Waals surface area contributed by atoms with Gasteiger partial charge in [-0.05, 0) is 6.42 Å². The summed E-state index contributed by atoms with van der Waals surface area (Å²) in [7, 11) is -4.70. The molecule has 0 bridgehead atoms. The van der Waals surface area contributed by atoms with Crippen molar-refractivity contribution >= 4 is 20.1 Å². The molecule has 0 radical (unpaired) electrons. The van der Waals surface area contributed by atoms with E-state index < -0.39 is 88.2 Å². The van der Waals surface area contributed by atoms with Gasteiger partial charge in [0, 0.05) is 18.2 Å². The summed E-state index contributed by atoms with van der Waals surface area (Å²) in [6.07, 6.45) is -3.09. The maximum Gasteiger partial charge on any atom is 0.510 e. The van der Waals surface area contributed by atoms with Crippen LogP contribution in [0, 0.1) is 5.92 Å². The average molecular weight is 598 g/mol. The Balaban J connectivity index is 1.36. The third-order valence-corrected chi connectivity index (χ3v) is 7.21. The van der Waals surface area contributed by atoms with Gasteiger partial charge in [0.15, 0.2) is 12.2 Å². The fourth-order valence-corrected chi connectivity index (χ4v) is 4.76. The fraction of sp³-hybridized carbons (Fsp3) is 0.714. The lowest BCUT2D eigenvalue weighted by Crippen LogP contribution is -2.39. The predicted molar refractivity (Wildman–Crippen MR) is 124 cm³/mol. The molecule has 3 fully saturated rings. The van der Waals surface area contributed by atoms with Gasteiger partial charge in [-0.2, -0.15) is 0 Å². The van der Waals surface area contributed by atoms with Crippen LogP contribution >= 0.6 is 7.82 Å². The zero-order chi connectivity index (χ0) is 28.8. The van der Waals surface area contributed by atoms with Gasteiger partial charge in [0.25, 0.3) is 5.56 Å². The van der Waals surface area contributed by atoms with E-state index in [0.717, 1.165) is 10.6 Å². The SMILES string of the molecule is C[C@H]1C[C@@](CF)(COP(=O)(OCOC(=O)OC2COC2)OCOC(=O)OC2COC2)O[C@H]1n1ccc(=O)[nH]c1=O. The number of carbonyl (C=O) groups excluding carboxylic acids is 2. The Morgan fingerprint density at radius 3 is 2.10 bits per heavy atom. The van der Waals surface area contributed by atoms with Crippen LogP contribution in [0.2, 0.25) is 0 Å². The standard InChI is InChI=1S/C21H28FN2O15P/c1-13-4-21(9-22,39-17(13)24-3-2-16(25)23-18(24)26)10-34-40(29,35-11-32-19(27)37-14-5-30-6-14)36-12-33-20(28)38-15-7-31-8-15/h2-3,13-15,17H,4-12H2,1H3,(H,23,25,26)/t13-,17+,21+/m0/s1. The van der Waals surface area contributed by atoms with Crippen molar-refractivity contribution in [2.75, 3.05) is 53.3 Å². The Labute approximate surface area is 225 Å². The van der Waals surface area contributed by atoms with Gasteiger partial charge < -0.3 is 33.2 Å². The van der Waals surface area contributed by atoms with Crippen LogP contribution in [-0.2, 0) is 51.3 Å². The van der Waals surface area contributed by atoms with Crippen LogP contribution in [0.5, 0.6) is 0 Å². The second-order valence-corrected chi connectivity index (χ2v) is 10.8. The van der Waals surface area contributed by atoms with Crippen LogP contribution in [-0.4, -0.2) is 93.0 Å². The summed E-state index contributed by atoms with van der Waals surface area (Å²) in [5, 5.41) is 0. The van der Waals surface area contributed by atoms with Crippen molar-refractivity contribution in [2.24, 2.45) is 5.92 Å². The van der Waals surface area contributed by atoms with Crippen LogP contribution in [0.25, 0.3) is 0 Å². The number of phosphoric ester groups is 1. The highest BCUT2D eigenvalue weighted by Crippen LogP contribution is 2.52. The summed E-state index contributed by atoms with van der Waals surface area (Å²) < 4.78 is 78.5. The summed E-state index contributed by atoms with van der Waals surface area (Å²) in [4.78, 5) is 49.1. The Bertz CT molecular complexity index is 1160. The van der Waals surface area contributed by atoms with Crippen LogP contribution in [0.1, 0.15) is 19.6 Å². The number of ether oxygens (including phenoxy) is 7. The Kier molecular flexibility index (Phi) is 9.94. The highest BCUT2D eigenvalue weighted by atomic mass is 31.2. The number of rotatable bonds is 13. The first-order valence-corrected chi connectivity index (χ1v) is 13.5. The van der Waals surface area contributed by atoms with E-state index >= 15 is 0 Å². The van der Waals surface area contributed by atoms with Gasteiger partial charge in [-0.25, -0.2) is 32.4 Å². The van der Waals surface area contributed by atoms with Gasteiger partial charge in [-0.1, -0.05) is 6.92 Å². The maximum absolute atomic E-state index is 14.3. The first-order valence-electron chi connectivity index (χ1n) is 12.0. The number of nitrogens with one attached hydrogen (secondary N) is 1. The van der Waals surface area contributed by atoms with Gasteiger partial charge in [0.2, 0.25) is 13.6 Å². The molecule has 1 aromatic rings. The van der Waals surface area contributed by atoms with E-state index in [0.29, 0.717) is 0 Å². The van der Waals surface area contributed by atoms with Crippen molar-refractivity contribution in [3.63, 3.8) is 0 Å². The Morgan fingerprint density at radius 2 is 1.62 bits per heavy atom. The van der Waals surface area contributed by atoms with E-state index in [1.54, 1.807) is 6.92 Å². The molecular formula is C21H28FN2O15P. The predicted octanol–water partition coefficient (Wildman–Crippen LogP) is 0.977. The highest BCUT2D eigenvalue weighted by Gasteiger charge is 2.48. The van der Waals surface area contributed by atoms with E-state index in [9.17, 15) is 28.1 Å². The lowest BCUT2D eigenvalue weighted by atomic mass is 9.96. The van der Waals surface area contributed by atoms with E-state index in [4.69, 9.17) is 46.7 Å². The molecule has 0 unspecified atom stereocenters. The third kappa shape index (κ3) is 7.87. The first-order chi connectivity index (χ1) is 19.1. The van der Waals surface area contributed by atoms with E-state index in [2.05, 4.69) is 4.98 Å². The topological polar surface area (TPSA) is 198 Å². The van der Waals surface area contributed by atoms with E-state index in [1.165, 1.54) is 6.20 Å². The van der Waals surface area contributed by atoms with Gasteiger partial charge in [-0.3, -0.25) is 18.9 Å². The molecule has 1 aromatic heterocycles. The molecule has 224 valence electrons. The normalized spacial score (nSPS) is 25.1. The molecule has 40 heavy (non-hydrogen) atoms. The van der Waals surface area contributed by atoms with Crippen LogP contribution in [0.15, 0.2) is 21.9 Å². The number of hydrogen-bond donors (Lipinski definition) is 1. The van der Waals surface area contributed by atoms with Crippen LogP contribution in [0.3, 0.4) is 0 Å². The molecular weight excluding hydrogens is 570 g/mol. The lowest BCUT2D eigenvalue weighted by molar-refractivity contribution is -0.130. The molecule has 0 aromatic carbocycles. The van der Waals surface area contributed by atoms with Gasteiger partial charge in [-0.15, -0.1) is 0 Å². The second kappa shape index (κ2) is 13.2. The van der Waals surface area contributed by atoms with E-state index in [-0.39, 0.29) is 32.8 Å². The molecule has 3 aliphatic heterocycles. The number of alkyl halides is 1. The minimum atomic E-state index is -4.70. The molecule has 0 spiro atoms. The Morgan fingerprint density at radius 1 is 1.05 bits per heavy atom. The van der Waals surface area contributed by atoms with Crippen molar-refractivity contribution in [1.29, 1.82) is 0 Å². The summed E-state index contributed by atoms with van der Waals surface area (Å²) in [6.45, 7) is -1.35. The summed E-state index contributed by atoms with van der Waals surface area (Å²) in [6, 6.07) is 1.10. The van der Waals surface area contributed by atoms with Crippen molar-refractivity contribution in [3.8, 4) is 0 Å². The largest absolute Gasteiger partial charge is 0.510 e. The molecule has 3 atom stereocenters. The van der Waals surface area contributed by atoms with Gasteiger partial charge in [0.1, 0.15) is 18.5 Å². The number of aromatic nitrogens is 2. The van der Waals surface area contributed by atoms with Crippen LogP contribution < -0.4 is 11.2 Å². The van der Waals surface area contributed by atoms with Crippen molar-refractivity contribution in [3.05, 3.63) is 33.1 Å². The molecule has 17 nitrogen and oxygen atoms in total. The van der Waals surface area contributed by atoms with Crippen LogP contribution in [0.4, 0.5) is 14.0 Å². The number of nitrogens with zero attached hydrogens (tertiary/aromatic N) is 1. The number of carbonyl (C=O) groups is 2. The fourth-order valence-electron chi connectivity index (χ4n) is 3.78. The molecule has 19 heteroatoms. The molecule has 0 aliphatic carbocycles. The number of hydrogen-bond acceptors (Lipinski definition) is 15. The smallest absolute Gasteiger partial charge is 0.426 e. The Hall–Kier alpha value is -2.86. The van der Waals surface area contributed by atoms with Crippen molar-refractivity contribution < 1.29 is 65.3 Å². The highest BCUT2D eigenvalue weighted by molar-refractivity contribution is 7.48. The molecule has 4 rings (SSSR count). The minimum absolute atomic E-state index is 0.00168. The summed E-state index contributed by atoms with van der Waals surface area (Å²) in [5.41, 5.74) is -3.11. The second-order valence-electron chi connectivity index (χ2n) is 9.08. The molecule has 0 amide bonds. The minimum Gasteiger partial charge on any atom is -0.426 e. The zero-order valence-electron chi connectivity index (χ0n) is 21.2. The number of halogens is 1.